The molecule has 0 saturated carbocycles. The SMILES string of the molecule is O=C1C(=Cc2cnn(-c3ccc(Cl)cc3)c2)Cc2ccccc21. The summed E-state index contributed by atoms with van der Waals surface area (Å²) in [7, 11) is 0. The fraction of sp³-hybridized carbons (Fsp3) is 0.0526. The lowest BCUT2D eigenvalue weighted by molar-refractivity contribution is 0.104. The summed E-state index contributed by atoms with van der Waals surface area (Å²) >= 11 is 5.90. The molecule has 3 aromatic rings. The number of halogens is 1. The van der Waals surface area contributed by atoms with E-state index in [2.05, 4.69) is 5.10 Å². The molecule has 0 radical (unpaired) electrons. The first kappa shape index (κ1) is 14.0. The van der Waals surface area contributed by atoms with Gasteiger partial charge in [-0.2, -0.15) is 5.10 Å². The molecule has 0 unspecified atom stereocenters. The standard InChI is InChI=1S/C19H13ClN2O/c20-16-5-7-17(8-6-16)22-12-13(11-21-22)9-15-10-14-3-1-2-4-18(14)19(15)23/h1-9,11-12H,10H2. The van der Waals surface area contributed by atoms with Crippen molar-refractivity contribution in [2.45, 2.75) is 6.42 Å². The number of nitrogens with zero attached hydrogens (tertiary/aromatic N) is 2. The number of benzene rings is 2. The monoisotopic (exact) mass is 320 g/mol. The van der Waals surface area contributed by atoms with Gasteiger partial charge in [0.25, 0.3) is 0 Å². The van der Waals surface area contributed by atoms with E-state index >= 15 is 0 Å². The molecule has 0 amide bonds. The predicted molar refractivity (Wildman–Crippen MR) is 91.0 cm³/mol. The highest BCUT2D eigenvalue weighted by Crippen LogP contribution is 2.27. The van der Waals surface area contributed by atoms with E-state index in [1.54, 1.807) is 10.9 Å². The number of carbonyl (C=O) groups excluding carboxylic acids is 1. The van der Waals surface area contributed by atoms with E-state index in [-0.39, 0.29) is 5.78 Å². The van der Waals surface area contributed by atoms with Gasteiger partial charge in [-0.25, -0.2) is 4.68 Å². The summed E-state index contributed by atoms with van der Waals surface area (Å²) in [5, 5.41) is 5.04. The first-order valence-electron chi connectivity index (χ1n) is 7.34. The van der Waals surface area contributed by atoms with Crippen LogP contribution in [0.5, 0.6) is 0 Å². The van der Waals surface area contributed by atoms with Crippen LogP contribution in [-0.2, 0) is 6.42 Å². The van der Waals surface area contributed by atoms with Crippen molar-refractivity contribution in [2.75, 3.05) is 0 Å². The summed E-state index contributed by atoms with van der Waals surface area (Å²) in [6.07, 6.45) is 6.27. The van der Waals surface area contributed by atoms with Crippen molar-refractivity contribution in [1.82, 2.24) is 9.78 Å². The Bertz CT molecular complexity index is 923. The lowest BCUT2D eigenvalue weighted by atomic mass is 10.1. The average molecular weight is 321 g/mol. The second-order valence-electron chi connectivity index (χ2n) is 5.53. The van der Waals surface area contributed by atoms with Gasteiger partial charge in [0.2, 0.25) is 0 Å². The van der Waals surface area contributed by atoms with Crippen molar-refractivity contribution >= 4 is 23.5 Å². The van der Waals surface area contributed by atoms with Crippen molar-refractivity contribution in [3.05, 3.63) is 88.2 Å². The molecule has 0 bridgehead atoms. The van der Waals surface area contributed by atoms with Gasteiger partial charge >= 0.3 is 0 Å². The zero-order valence-corrected chi connectivity index (χ0v) is 13.0. The van der Waals surface area contributed by atoms with Crippen LogP contribution in [0.4, 0.5) is 0 Å². The maximum absolute atomic E-state index is 12.4. The van der Waals surface area contributed by atoms with Crippen molar-refractivity contribution in [2.24, 2.45) is 0 Å². The molecule has 0 N–H and O–H groups in total. The minimum Gasteiger partial charge on any atom is -0.289 e. The molecule has 4 rings (SSSR count). The molecular weight excluding hydrogens is 308 g/mol. The van der Waals surface area contributed by atoms with Gasteiger partial charge in [0.15, 0.2) is 5.78 Å². The van der Waals surface area contributed by atoms with Crippen LogP contribution in [0.25, 0.3) is 11.8 Å². The molecule has 0 fully saturated rings. The van der Waals surface area contributed by atoms with Gasteiger partial charge in [-0.1, -0.05) is 35.9 Å². The number of rotatable bonds is 2. The molecule has 112 valence electrons. The third-order valence-corrected chi connectivity index (χ3v) is 4.22. The maximum atomic E-state index is 12.4. The smallest absolute Gasteiger partial charge is 0.189 e. The van der Waals surface area contributed by atoms with Gasteiger partial charge in [0.05, 0.1) is 11.9 Å². The summed E-state index contributed by atoms with van der Waals surface area (Å²) in [4.78, 5) is 12.4. The first-order chi connectivity index (χ1) is 11.2. The summed E-state index contributed by atoms with van der Waals surface area (Å²) in [5.41, 5.74) is 4.55. The first-order valence-corrected chi connectivity index (χ1v) is 7.72. The van der Waals surface area contributed by atoms with Crippen LogP contribution in [0.1, 0.15) is 21.5 Å². The zero-order valence-electron chi connectivity index (χ0n) is 12.2. The van der Waals surface area contributed by atoms with Crippen molar-refractivity contribution < 1.29 is 4.79 Å². The molecule has 1 aliphatic carbocycles. The van der Waals surface area contributed by atoms with E-state index in [0.29, 0.717) is 11.4 Å². The summed E-state index contributed by atoms with van der Waals surface area (Å²) < 4.78 is 1.77. The fourth-order valence-corrected chi connectivity index (χ4v) is 2.94. The number of fused-ring (bicyclic) bond motifs is 1. The van der Waals surface area contributed by atoms with Crippen LogP contribution in [0, 0.1) is 0 Å². The number of allylic oxidation sites excluding steroid dienone is 1. The number of hydrogen-bond acceptors (Lipinski definition) is 2. The molecule has 4 heteroatoms. The van der Waals surface area contributed by atoms with Gasteiger partial charge < -0.3 is 0 Å². The molecule has 0 saturated heterocycles. The van der Waals surface area contributed by atoms with E-state index < -0.39 is 0 Å². The van der Waals surface area contributed by atoms with Gasteiger partial charge in [-0.3, -0.25) is 4.79 Å². The number of hydrogen-bond donors (Lipinski definition) is 0. The van der Waals surface area contributed by atoms with E-state index in [9.17, 15) is 4.79 Å². The second kappa shape index (κ2) is 5.52. The Kier molecular flexibility index (Phi) is 3.36. The molecule has 0 atom stereocenters. The summed E-state index contributed by atoms with van der Waals surface area (Å²) in [6.45, 7) is 0. The lowest BCUT2D eigenvalue weighted by Crippen LogP contribution is -1.95. The van der Waals surface area contributed by atoms with E-state index in [1.165, 1.54) is 0 Å². The van der Waals surface area contributed by atoms with Crippen molar-refractivity contribution in [3.63, 3.8) is 0 Å². The largest absolute Gasteiger partial charge is 0.289 e. The predicted octanol–water partition coefficient (Wildman–Crippen LogP) is 4.35. The molecule has 0 aliphatic heterocycles. The van der Waals surface area contributed by atoms with Crippen LogP contribution in [0.3, 0.4) is 0 Å². The quantitative estimate of drug-likeness (QED) is 0.658. The van der Waals surface area contributed by atoms with Gasteiger partial charge in [0.1, 0.15) is 0 Å². The minimum atomic E-state index is 0.111. The van der Waals surface area contributed by atoms with Crippen LogP contribution in [-0.4, -0.2) is 15.6 Å². The minimum absolute atomic E-state index is 0.111. The van der Waals surface area contributed by atoms with Crippen LogP contribution < -0.4 is 0 Å². The van der Waals surface area contributed by atoms with E-state index in [0.717, 1.165) is 28.0 Å². The summed E-state index contributed by atoms with van der Waals surface area (Å²) in [6, 6.07) is 15.2. The molecule has 1 aromatic heterocycles. The Labute approximate surface area is 138 Å². The van der Waals surface area contributed by atoms with Crippen LogP contribution in [0.2, 0.25) is 5.02 Å². The highest BCUT2D eigenvalue weighted by molar-refractivity contribution is 6.30. The Morgan fingerprint density at radius 1 is 1.09 bits per heavy atom. The van der Waals surface area contributed by atoms with Crippen molar-refractivity contribution in [1.29, 1.82) is 0 Å². The number of Topliss-reactive ketones (excluding diaryl/α,β-unsaturated/α-hetero) is 1. The number of ketones is 1. The lowest BCUT2D eigenvalue weighted by Gasteiger charge is -2.00. The number of carbonyl (C=O) groups is 1. The van der Waals surface area contributed by atoms with Crippen LogP contribution >= 0.6 is 11.6 Å². The molecule has 23 heavy (non-hydrogen) atoms. The molecule has 0 spiro atoms. The normalized spacial score (nSPS) is 15.2. The fourth-order valence-electron chi connectivity index (χ4n) is 2.82. The van der Waals surface area contributed by atoms with E-state index in [4.69, 9.17) is 11.6 Å². The molecule has 3 nitrogen and oxygen atoms in total. The highest BCUT2D eigenvalue weighted by Gasteiger charge is 2.23. The molecule has 1 aliphatic rings. The molecular formula is C19H13ClN2O. The summed E-state index contributed by atoms with van der Waals surface area (Å²) in [5.74, 6) is 0.111. The third-order valence-electron chi connectivity index (χ3n) is 3.97. The van der Waals surface area contributed by atoms with E-state index in [1.807, 2.05) is 60.8 Å². The maximum Gasteiger partial charge on any atom is 0.189 e. The Balaban J connectivity index is 1.64. The zero-order chi connectivity index (χ0) is 15.8. The number of aromatic nitrogens is 2. The third kappa shape index (κ3) is 2.60. The molecule has 1 heterocycles. The van der Waals surface area contributed by atoms with Gasteiger partial charge in [-0.05, 0) is 35.9 Å². The molecule has 2 aromatic carbocycles. The van der Waals surface area contributed by atoms with Crippen LogP contribution in [0.15, 0.2) is 66.5 Å². The van der Waals surface area contributed by atoms with Gasteiger partial charge in [-0.15, -0.1) is 0 Å². The Hall–Kier alpha value is -2.65. The topological polar surface area (TPSA) is 34.9 Å². The highest BCUT2D eigenvalue weighted by atomic mass is 35.5. The second-order valence-corrected chi connectivity index (χ2v) is 5.96. The van der Waals surface area contributed by atoms with Gasteiger partial charge in [0, 0.05) is 34.3 Å². The Morgan fingerprint density at radius 2 is 1.87 bits per heavy atom. The average Bonchev–Trinajstić information content (AvgIpc) is 3.15. The van der Waals surface area contributed by atoms with Crippen molar-refractivity contribution in [3.8, 4) is 5.69 Å². The Morgan fingerprint density at radius 3 is 2.65 bits per heavy atom.